The monoisotopic (exact) mass is 195 g/mol. The number of benzene rings is 1. The molecule has 0 aliphatic rings. The summed E-state index contributed by atoms with van der Waals surface area (Å²) in [5.74, 6) is 0. The van der Waals surface area contributed by atoms with Crippen LogP contribution in [0.1, 0.15) is 11.1 Å². The molecule has 1 rings (SSSR count). The molecule has 0 fully saturated rings. The SMILES string of the molecule is Cc1cccc(C)c1NC/C=C/Cl. The van der Waals surface area contributed by atoms with Gasteiger partial charge in [-0.3, -0.25) is 0 Å². The van der Waals surface area contributed by atoms with Gasteiger partial charge >= 0.3 is 0 Å². The zero-order chi connectivity index (χ0) is 9.68. The quantitative estimate of drug-likeness (QED) is 0.779. The first-order valence-corrected chi connectivity index (χ1v) is 4.74. The number of para-hydroxylation sites is 1. The van der Waals surface area contributed by atoms with Gasteiger partial charge in [-0.1, -0.05) is 35.9 Å². The van der Waals surface area contributed by atoms with Crippen LogP contribution in [0.3, 0.4) is 0 Å². The first-order chi connectivity index (χ1) is 6.25. The predicted octanol–water partition coefficient (Wildman–Crippen LogP) is 3.47. The zero-order valence-corrected chi connectivity index (χ0v) is 8.73. The lowest BCUT2D eigenvalue weighted by molar-refractivity contribution is 1.27. The van der Waals surface area contributed by atoms with E-state index in [2.05, 4.69) is 37.4 Å². The minimum atomic E-state index is 0.773. The van der Waals surface area contributed by atoms with Gasteiger partial charge in [0.05, 0.1) is 0 Å². The summed E-state index contributed by atoms with van der Waals surface area (Å²) in [4.78, 5) is 0. The summed E-state index contributed by atoms with van der Waals surface area (Å²) in [5.41, 5.74) is 5.27. The highest BCUT2D eigenvalue weighted by atomic mass is 35.5. The number of nitrogens with one attached hydrogen (secondary N) is 1. The van der Waals surface area contributed by atoms with Crippen molar-refractivity contribution in [3.8, 4) is 0 Å². The Morgan fingerprint density at radius 3 is 2.46 bits per heavy atom. The van der Waals surface area contributed by atoms with Gasteiger partial charge in [0, 0.05) is 17.8 Å². The molecule has 1 nitrogen and oxygen atoms in total. The number of hydrogen-bond acceptors (Lipinski definition) is 1. The fraction of sp³-hybridized carbons (Fsp3) is 0.273. The Morgan fingerprint density at radius 2 is 1.92 bits per heavy atom. The summed E-state index contributed by atoms with van der Waals surface area (Å²) in [5, 5.41) is 3.31. The van der Waals surface area contributed by atoms with Gasteiger partial charge in [-0.05, 0) is 25.0 Å². The second-order valence-electron chi connectivity index (χ2n) is 3.01. The molecule has 13 heavy (non-hydrogen) atoms. The van der Waals surface area contributed by atoms with E-state index < -0.39 is 0 Å². The summed E-state index contributed by atoms with van der Waals surface area (Å²) >= 11 is 5.43. The molecule has 0 atom stereocenters. The highest BCUT2D eigenvalue weighted by Gasteiger charge is 1.98. The zero-order valence-electron chi connectivity index (χ0n) is 7.97. The standard InChI is InChI=1S/C11H14ClN/c1-9-5-3-6-10(2)11(9)13-8-4-7-12/h3-7,13H,8H2,1-2H3/b7-4+. The molecule has 2 heteroatoms. The molecule has 0 saturated carbocycles. The summed E-state index contributed by atoms with van der Waals surface area (Å²) in [6.07, 6.45) is 1.88. The Labute approximate surface area is 84.4 Å². The number of hydrogen-bond donors (Lipinski definition) is 1. The summed E-state index contributed by atoms with van der Waals surface area (Å²) < 4.78 is 0. The van der Waals surface area contributed by atoms with Gasteiger partial charge in [-0.2, -0.15) is 0 Å². The number of halogens is 1. The number of aryl methyl sites for hydroxylation is 2. The van der Waals surface area contributed by atoms with Crippen molar-refractivity contribution in [2.24, 2.45) is 0 Å². The second kappa shape index (κ2) is 4.93. The predicted molar refractivity (Wildman–Crippen MR) is 59.4 cm³/mol. The maximum atomic E-state index is 5.43. The maximum absolute atomic E-state index is 5.43. The lowest BCUT2D eigenvalue weighted by Gasteiger charge is -2.10. The van der Waals surface area contributed by atoms with Gasteiger partial charge in [-0.15, -0.1) is 0 Å². The van der Waals surface area contributed by atoms with Crippen molar-refractivity contribution in [2.45, 2.75) is 13.8 Å². The van der Waals surface area contributed by atoms with E-state index in [1.54, 1.807) is 0 Å². The van der Waals surface area contributed by atoms with E-state index in [9.17, 15) is 0 Å². The van der Waals surface area contributed by atoms with Gasteiger partial charge < -0.3 is 5.32 Å². The molecule has 0 aliphatic carbocycles. The molecule has 0 bridgehead atoms. The molecule has 0 heterocycles. The minimum absolute atomic E-state index is 0.773. The van der Waals surface area contributed by atoms with E-state index in [1.807, 2.05) is 6.08 Å². The minimum Gasteiger partial charge on any atom is -0.381 e. The van der Waals surface area contributed by atoms with Crippen LogP contribution in [0.4, 0.5) is 5.69 Å². The van der Waals surface area contributed by atoms with Gasteiger partial charge in [-0.25, -0.2) is 0 Å². The van der Waals surface area contributed by atoms with Crippen LogP contribution in [0.15, 0.2) is 29.8 Å². The highest BCUT2D eigenvalue weighted by Crippen LogP contribution is 2.18. The van der Waals surface area contributed by atoms with Crippen LogP contribution in [0.25, 0.3) is 0 Å². The van der Waals surface area contributed by atoms with Crippen molar-refractivity contribution >= 4 is 17.3 Å². The van der Waals surface area contributed by atoms with Crippen LogP contribution in [-0.2, 0) is 0 Å². The van der Waals surface area contributed by atoms with Gasteiger partial charge in [0.1, 0.15) is 0 Å². The molecule has 1 N–H and O–H groups in total. The summed E-state index contributed by atoms with van der Waals surface area (Å²) in [6.45, 7) is 4.97. The van der Waals surface area contributed by atoms with Crippen molar-refractivity contribution in [1.82, 2.24) is 0 Å². The van der Waals surface area contributed by atoms with E-state index in [0.29, 0.717) is 0 Å². The molecular weight excluding hydrogens is 182 g/mol. The van der Waals surface area contributed by atoms with E-state index in [0.717, 1.165) is 6.54 Å². The molecule has 0 amide bonds. The van der Waals surface area contributed by atoms with Gasteiger partial charge in [0.15, 0.2) is 0 Å². The maximum Gasteiger partial charge on any atom is 0.0402 e. The Hall–Kier alpha value is -0.950. The first-order valence-electron chi connectivity index (χ1n) is 4.31. The summed E-state index contributed by atoms with van der Waals surface area (Å²) in [7, 11) is 0. The Kier molecular flexibility index (Phi) is 3.84. The smallest absolute Gasteiger partial charge is 0.0402 e. The van der Waals surface area contributed by atoms with Crippen LogP contribution in [-0.4, -0.2) is 6.54 Å². The molecule has 1 aromatic rings. The first kappa shape index (κ1) is 10.1. The van der Waals surface area contributed by atoms with Crippen LogP contribution >= 0.6 is 11.6 Å². The molecule has 0 spiro atoms. The van der Waals surface area contributed by atoms with Gasteiger partial charge in [0.2, 0.25) is 0 Å². The van der Waals surface area contributed by atoms with E-state index >= 15 is 0 Å². The van der Waals surface area contributed by atoms with Gasteiger partial charge in [0.25, 0.3) is 0 Å². The summed E-state index contributed by atoms with van der Waals surface area (Å²) in [6, 6.07) is 6.26. The lowest BCUT2D eigenvalue weighted by atomic mass is 10.1. The third-order valence-electron chi connectivity index (χ3n) is 1.97. The third kappa shape index (κ3) is 2.78. The normalized spacial score (nSPS) is 10.7. The van der Waals surface area contributed by atoms with Crippen LogP contribution in [0.5, 0.6) is 0 Å². The van der Waals surface area contributed by atoms with Crippen molar-refractivity contribution in [3.05, 3.63) is 40.9 Å². The van der Waals surface area contributed by atoms with Crippen LogP contribution in [0.2, 0.25) is 0 Å². The molecule has 70 valence electrons. The van der Waals surface area contributed by atoms with Crippen molar-refractivity contribution in [1.29, 1.82) is 0 Å². The Bertz CT molecular complexity index is 285. The average molecular weight is 196 g/mol. The molecule has 0 aromatic heterocycles. The second-order valence-corrected chi connectivity index (χ2v) is 3.26. The van der Waals surface area contributed by atoms with E-state index in [1.165, 1.54) is 22.3 Å². The molecule has 0 radical (unpaired) electrons. The molecule has 1 aromatic carbocycles. The molecule has 0 saturated heterocycles. The van der Waals surface area contributed by atoms with E-state index in [4.69, 9.17) is 11.6 Å². The fourth-order valence-corrected chi connectivity index (χ4v) is 1.39. The van der Waals surface area contributed by atoms with Crippen molar-refractivity contribution < 1.29 is 0 Å². The third-order valence-corrected chi connectivity index (χ3v) is 2.15. The Morgan fingerprint density at radius 1 is 1.31 bits per heavy atom. The van der Waals surface area contributed by atoms with E-state index in [-0.39, 0.29) is 0 Å². The average Bonchev–Trinajstić information content (AvgIpc) is 2.10. The Balaban J connectivity index is 2.75. The number of anilines is 1. The molecule has 0 unspecified atom stereocenters. The van der Waals surface area contributed by atoms with Crippen LogP contribution < -0.4 is 5.32 Å². The van der Waals surface area contributed by atoms with Crippen molar-refractivity contribution in [2.75, 3.05) is 11.9 Å². The molecular formula is C11H14ClN. The largest absolute Gasteiger partial charge is 0.381 e. The fourth-order valence-electron chi connectivity index (χ4n) is 1.30. The topological polar surface area (TPSA) is 12.0 Å². The number of rotatable bonds is 3. The van der Waals surface area contributed by atoms with Crippen molar-refractivity contribution in [3.63, 3.8) is 0 Å². The molecule has 0 aliphatic heterocycles. The lowest BCUT2D eigenvalue weighted by Crippen LogP contribution is -2.01. The van der Waals surface area contributed by atoms with Crippen LogP contribution in [0, 0.1) is 13.8 Å². The highest BCUT2D eigenvalue weighted by molar-refractivity contribution is 6.25.